The Bertz CT molecular complexity index is 2990. The lowest BCUT2D eigenvalue weighted by molar-refractivity contribution is 1.16. The van der Waals surface area contributed by atoms with Crippen LogP contribution in [0.15, 0.2) is 182 Å². The zero-order chi connectivity index (χ0) is 36.2. The molecule has 2 nitrogen and oxygen atoms in total. The first-order chi connectivity index (χ1) is 26.6. The van der Waals surface area contributed by atoms with Crippen molar-refractivity contribution < 1.29 is 0 Å². The van der Waals surface area contributed by atoms with Crippen LogP contribution in [0.4, 0.5) is 0 Å². The van der Waals surface area contributed by atoms with Gasteiger partial charge in [-0.05, 0) is 107 Å². The molecule has 0 aliphatic carbocycles. The number of aromatic nitrogens is 2. The number of hydrogen-bond acceptors (Lipinski definition) is 0. The number of rotatable bonds is 6. The first-order valence-corrected chi connectivity index (χ1v) is 18.7. The van der Waals surface area contributed by atoms with Gasteiger partial charge in [-0.3, -0.25) is 0 Å². The largest absolute Gasteiger partial charge is 0.309 e. The predicted octanol–water partition coefficient (Wildman–Crippen LogP) is 14.0. The van der Waals surface area contributed by atoms with Gasteiger partial charge in [-0.25, -0.2) is 0 Å². The number of aryl methyl sites for hydroxylation is 2. The fraction of sp³-hybridized carbons (Fsp3) is 0.0385. The van der Waals surface area contributed by atoms with E-state index in [0.29, 0.717) is 0 Å². The van der Waals surface area contributed by atoms with Crippen LogP contribution in [-0.2, 0) is 0 Å². The molecule has 2 heterocycles. The molecule has 8 aromatic carbocycles. The van der Waals surface area contributed by atoms with E-state index in [-0.39, 0.29) is 0 Å². The highest BCUT2D eigenvalue weighted by molar-refractivity contribution is 6.11. The fourth-order valence-electron chi connectivity index (χ4n) is 8.26. The van der Waals surface area contributed by atoms with Gasteiger partial charge in [0, 0.05) is 32.8 Å². The molecule has 0 saturated heterocycles. The summed E-state index contributed by atoms with van der Waals surface area (Å²) in [6, 6.07) is 66.2. The third-order valence-corrected chi connectivity index (χ3v) is 11.1. The van der Waals surface area contributed by atoms with Crippen molar-refractivity contribution in [3.63, 3.8) is 0 Å². The molecule has 10 aromatic rings. The third kappa shape index (κ3) is 5.26. The van der Waals surface area contributed by atoms with Crippen LogP contribution in [0, 0.1) is 13.8 Å². The highest BCUT2D eigenvalue weighted by Crippen LogP contribution is 2.39. The molecule has 256 valence electrons. The van der Waals surface area contributed by atoms with Crippen molar-refractivity contribution in [2.45, 2.75) is 13.8 Å². The lowest BCUT2D eigenvalue weighted by atomic mass is 9.96. The van der Waals surface area contributed by atoms with E-state index in [4.69, 9.17) is 0 Å². The van der Waals surface area contributed by atoms with Gasteiger partial charge in [-0.2, -0.15) is 0 Å². The van der Waals surface area contributed by atoms with Gasteiger partial charge in [0.1, 0.15) is 0 Å². The minimum atomic E-state index is 1.16. The van der Waals surface area contributed by atoms with Crippen LogP contribution in [0.5, 0.6) is 0 Å². The predicted molar refractivity (Wildman–Crippen MR) is 231 cm³/mol. The summed E-state index contributed by atoms with van der Waals surface area (Å²) in [5, 5.41) is 5.07. The molecular weight excluding hydrogens is 653 g/mol. The topological polar surface area (TPSA) is 9.86 Å². The summed E-state index contributed by atoms with van der Waals surface area (Å²) in [7, 11) is 0. The molecule has 54 heavy (non-hydrogen) atoms. The van der Waals surface area contributed by atoms with Gasteiger partial charge in [0.25, 0.3) is 0 Å². The van der Waals surface area contributed by atoms with Gasteiger partial charge in [0.05, 0.1) is 27.8 Å². The molecule has 0 spiro atoms. The van der Waals surface area contributed by atoms with E-state index in [1.807, 2.05) is 0 Å². The molecule has 0 atom stereocenters. The minimum Gasteiger partial charge on any atom is -0.309 e. The summed E-state index contributed by atoms with van der Waals surface area (Å²) in [4.78, 5) is 0. The average Bonchev–Trinajstić information content (AvgIpc) is 3.74. The van der Waals surface area contributed by atoms with Crippen LogP contribution >= 0.6 is 0 Å². The maximum Gasteiger partial charge on any atom is 0.0543 e. The highest BCUT2D eigenvalue weighted by Gasteiger charge is 2.17. The summed E-state index contributed by atoms with van der Waals surface area (Å²) in [6.07, 6.45) is 4.48. The molecule has 0 saturated carbocycles. The van der Waals surface area contributed by atoms with Crippen LogP contribution in [-0.4, -0.2) is 9.13 Å². The summed E-state index contributed by atoms with van der Waals surface area (Å²) >= 11 is 0. The lowest BCUT2D eigenvalue weighted by Gasteiger charge is -2.17. The molecule has 0 amide bonds. The van der Waals surface area contributed by atoms with Gasteiger partial charge in [0.2, 0.25) is 0 Å². The van der Waals surface area contributed by atoms with Gasteiger partial charge in [-0.1, -0.05) is 140 Å². The second-order valence-electron chi connectivity index (χ2n) is 14.3. The molecule has 10 rings (SSSR count). The molecule has 0 bridgehead atoms. The SMILES string of the molecule is Cc1cc(-c2ccc(/C=C/c3ccccc3-c3ccc4c(c3)c3ccccc3n4-c3ccccc3)cc2)c(-n2c3ccccc3c3ccccc32)cc1C. The molecular formula is C52H38N2. The maximum atomic E-state index is 2.44. The van der Waals surface area contributed by atoms with Crippen molar-refractivity contribution in [2.24, 2.45) is 0 Å². The molecule has 2 heteroatoms. The summed E-state index contributed by atoms with van der Waals surface area (Å²) in [6.45, 7) is 4.42. The van der Waals surface area contributed by atoms with Crippen molar-refractivity contribution in [3.8, 4) is 33.6 Å². The highest BCUT2D eigenvalue weighted by atomic mass is 15.0. The van der Waals surface area contributed by atoms with Crippen LogP contribution < -0.4 is 0 Å². The maximum absolute atomic E-state index is 2.44. The zero-order valence-electron chi connectivity index (χ0n) is 30.4. The Balaban J connectivity index is 1.01. The standard InChI is InChI=1S/C52H38N2/c1-35-32-46(52(33-36(35)2)54-49-22-12-8-18-43(49)44-19-9-13-23-50(44)54)39-28-25-37(26-29-39)24-27-38-14-6-7-17-42(38)40-30-31-51-47(34-40)45-20-10-11-21-48(45)53(51)41-15-4-3-5-16-41/h3-34H,1-2H3/b27-24+. The minimum absolute atomic E-state index is 1.16. The number of benzene rings is 8. The van der Waals surface area contributed by atoms with Crippen molar-refractivity contribution in [1.82, 2.24) is 9.13 Å². The second-order valence-corrected chi connectivity index (χ2v) is 14.3. The smallest absolute Gasteiger partial charge is 0.0543 e. The molecule has 0 fully saturated rings. The van der Waals surface area contributed by atoms with E-state index in [2.05, 4.69) is 217 Å². The zero-order valence-corrected chi connectivity index (χ0v) is 30.4. The third-order valence-electron chi connectivity index (χ3n) is 11.1. The molecule has 0 unspecified atom stereocenters. The average molecular weight is 691 g/mol. The van der Waals surface area contributed by atoms with Crippen LogP contribution in [0.2, 0.25) is 0 Å². The van der Waals surface area contributed by atoms with E-state index >= 15 is 0 Å². The number of nitrogens with zero attached hydrogens (tertiary/aromatic N) is 2. The number of fused-ring (bicyclic) bond motifs is 6. The Labute approximate surface area is 315 Å². The fourth-order valence-corrected chi connectivity index (χ4v) is 8.26. The first kappa shape index (κ1) is 31.8. The molecule has 0 N–H and O–H groups in total. The molecule has 0 aliphatic rings. The molecule has 0 radical (unpaired) electrons. The number of para-hydroxylation sites is 4. The van der Waals surface area contributed by atoms with Crippen LogP contribution in [0.25, 0.3) is 89.4 Å². The van der Waals surface area contributed by atoms with Gasteiger partial charge >= 0.3 is 0 Å². The van der Waals surface area contributed by atoms with Crippen molar-refractivity contribution in [1.29, 1.82) is 0 Å². The van der Waals surface area contributed by atoms with Crippen molar-refractivity contribution >= 4 is 55.8 Å². The van der Waals surface area contributed by atoms with Gasteiger partial charge < -0.3 is 9.13 Å². The quantitative estimate of drug-likeness (QED) is 0.154. The van der Waals surface area contributed by atoms with E-state index < -0.39 is 0 Å². The van der Waals surface area contributed by atoms with Crippen molar-refractivity contribution in [2.75, 3.05) is 0 Å². The van der Waals surface area contributed by atoms with E-state index in [9.17, 15) is 0 Å². The Kier molecular flexibility index (Phi) is 7.63. The van der Waals surface area contributed by atoms with Crippen molar-refractivity contribution in [3.05, 3.63) is 204 Å². The van der Waals surface area contributed by atoms with Gasteiger partial charge in [0.15, 0.2) is 0 Å². The van der Waals surface area contributed by atoms with E-state index in [1.165, 1.54) is 93.9 Å². The van der Waals surface area contributed by atoms with E-state index in [1.54, 1.807) is 0 Å². The Hall–Kier alpha value is -6.90. The summed E-state index contributed by atoms with van der Waals surface area (Å²) in [5.41, 5.74) is 17.1. The molecule has 2 aromatic heterocycles. The molecule has 0 aliphatic heterocycles. The Morgan fingerprint density at radius 3 is 1.61 bits per heavy atom. The van der Waals surface area contributed by atoms with Crippen LogP contribution in [0.1, 0.15) is 22.3 Å². The number of hydrogen-bond donors (Lipinski definition) is 0. The second kappa shape index (κ2) is 12.9. The van der Waals surface area contributed by atoms with Gasteiger partial charge in [-0.15, -0.1) is 0 Å². The normalized spacial score (nSPS) is 11.8. The van der Waals surface area contributed by atoms with E-state index in [0.717, 1.165) is 5.56 Å². The Morgan fingerprint density at radius 2 is 0.907 bits per heavy atom. The monoisotopic (exact) mass is 690 g/mol. The Morgan fingerprint density at radius 1 is 0.370 bits per heavy atom. The summed E-state index contributed by atoms with van der Waals surface area (Å²) < 4.78 is 4.81. The lowest BCUT2D eigenvalue weighted by Crippen LogP contribution is -1.99. The summed E-state index contributed by atoms with van der Waals surface area (Å²) in [5.74, 6) is 0. The first-order valence-electron chi connectivity index (χ1n) is 18.7. The van der Waals surface area contributed by atoms with Crippen LogP contribution in [0.3, 0.4) is 0 Å².